The second kappa shape index (κ2) is 5.77. The van der Waals surface area contributed by atoms with Gasteiger partial charge in [-0.2, -0.15) is 17.7 Å². The van der Waals surface area contributed by atoms with E-state index in [1.807, 2.05) is 25.1 Å². The molecule has 7 nitrogen and oxygen atoms in total. The van der Waals surface area contributed by atoms with Gasteiger partial charge in [-0.3, -0.25) is 0 Å². The smallest absolute Gasteiger partial charge is 0.276 e. The molecule has 9 heteroatoms. The van der Waals surface area contributed by atoms with Gasteiger partial charge in [-0.05, 0) is 49.3 Å². The third kappa shape index (κ3) is 3.08. The minimum absolute atomic E-state index is 0.0751. The maximum Gasteiger partial charge on any atom is 0.276 e. The molecule has 1 saturated carbocycles. The zero-order valence-corrected chi connectivity index (χ0v) is 15.3. The van der Waals surface area contributed by atoms with Crippen molar-refractivity contribution in [1.29, 1.82) is 0 Å². The van der Waals surface area contributed by atoms with Crippen LogP contribution in [0.3, 0.4) is 0 Å². The quantitative estimate of drug-likeness (QED) is 0.878. The Hall–Kier alpha value is -1.48. The Morgan fingerprint density at radius 2 is 2.08 bits per heavy atom. The van der Waals surface area contributed by atoms with Crippen LogP contribution in [-0.4, -0.2) is 36.0 Å². The van der Waals surface area contributed by atoms with Crippen molar-refractivity contribution >= 4 is 21.8 Å². The molecule has 1 spiro atoms. The summed E-state index contributed by atoms with van der Waals surface area (Å²) < 4.78 is 29.7. The maximum atomic E-state index is 11.4. The predicted molar refractivity (Wildman–Crippen MR) is 93.2 cm³/mol. The fraction of sp³-hybridized carbons (Fsp3) is 0.500. The first-order chi connectivity index (χ1) is 11.8. The van der Waals surface area contributed by atoms with E-state index in [-0.39, 0.29) is 11.3 Å². The van der Waals surface area contributed by atoms with Gasteiger partial charge in [0.05, 0.1) is 0 Å². The SMILES string of the molecule is Cc1ccc(Cl)cc1-c1nc(C2CC23CCN(S(N)(=O)=O)CC3)no1. The van der Waals surface area contributed by atoms with Crippen LogP contribution >= 0.6 is 11.6 Å². The number of benzene rings is 1. The van der Waals surface area contributed by atoms with Crippen LogP contribution < -0.4 is 5.14 Å². The van der Waals surface area contributed by atoms with E-state index in [0.29, 0.717) is 29.8 Å². The van der Waals surface area contributed by atoms with Gasteiger partial charge < -0.3 is 4.52 Å². The van der Waals surface area contributed by atoms with E-state index >= 15 is 0 Å². The molecule has 1 atom stereocenters. The van der Waals surface area contributed by atoms with Crippen molar-refractivity contribution in [3.05, 3.63) is 34.6 Å². The Morgan fingerprint density at radius 1 is 1.36 bits per heavy atom. The average molecular weight is 383 g/mol. The van der Waals surface area contributed by atoms with Crippen molar-refractivity contribution in [2.24, 2.45) is 10.6 Å². The number of piperidine rings is 1. The fourth-order valence-corrected chi connectivity index (χ4v) is 4.63. The van der Waals surface area contributed by atoms with Crippen molar-refractivity contribution in [2.75, 3.05) is 13.1 Å². The van der Waals surface area contributed by atoms with E-state index in [1.165, 1.54) is 4.31 Å². The van der Waals surface area contributed by atoms with E-state index in [2.05, 4.69) is 10.1 Å². The second-order valence-corrected chi connectivity index (χ2v) is 8.96. The van der Waals surface area contributed by atoms with E-state index in [9.17, 15) is 8.42 Å². The van der Waals surface area contributed by atoms with Crippen molar-refractivity contribution in [1.82, 2.24) is 14.4 Å². The zero-order valence-electron chi connectivity index (χ0n) is 13.8. The molecule has 1 aromatic heterocycles. The molecule has 2 aromatic rings. The predicted octanol–water partition coefficient (Wildman–Crippen LogP) is 2.47. The molecule has 2 N–H and O–H groups in total. The van der Waals surface area contributed by atoms with Gasteiger partial charge in [0.25, 0.3) is 16.1 Å². The summed E-state index contributed by atoms with van der Waals surface area (Å²) in [5.41, 5.74) is 1.93. The molecule has 0 amide bonds. The molecular weight excluding hydrogens is 364 g/mol. The number of aromatic nitrogens is 2. The number of aryl methyl sites for hydroxylation is 1. The molecule has 1 aliphatic carbocycles. The third-order valence-electron chi connectivity index (χ3n) is 5.45. The van der Waals surface area contributed by atoms with Crippen LogP contribution in [0.1, 0.15) is 36.6 Å². The molecule has 0 bridgehead atoms. The standard InChI is InChI=1S/C16H19ClN4O3S/c1-10-2-3-11(17)8-12(10)15-19-14(20-24-15)13-9-16(13)4-6-21(7-5-16)25(18,22)23/h2-3,8,13H,4-7,9H2,1H3,(H2,18,22,23). The van der Waals surface area contributed by atoms with Crippen LogP contribution in [0.25, 0.3) is 11.5 Å². The molecule has 1 aliphatic heterocycles. The van der Waals surface area contributed by atoms with E-state index < -0.39 is 10.2 Å². The summed E-state index contributed by atoms with van der Waals surface area (Å²) in [6, 6.07) is 5.57. The Bertz CT molecular complexity index is 919. The minimum Gasteiger partial charge on any atom is -0.334 e. The summed E-state index contributed by atoms with van der Waals surface area (Å²) in [4.78, 5) is 4.57. The van der Waals surface area contributed by atoms with Gasteiger partial charge in [0, 0.05) is 29.6 Å². The van der Waals surface area contributed by atoms with E-state index in [0.717, 1.165) is 30.4 Å². The molecule has 25 heavy (non-hydrogen) atoms. The lowest BCUT2D eigenvalue weighted by molar-refractivity contribution is 0.249. The molecule has 2 heterocycles. The van der Waals surface area contributed by atoms with Gasteiger partial charge in [0.1, 0.15) is 0 Å². The molecule has 2 aliphatic rings. The molecule has 134 valence electrons. The monoisotopic (exact) mass is 382 g/mol. The Kier molecular flexibility index (Phi) is 3.91. The van der Waals surface area contributed by atoms with Gasteiger partial charge in [-0.15, -0.1) is 0 Å². The fourth-order valence-electron chi connectivity index (χ4n) is 3.76. The molecule has 2 fully saturated rings. The zero-order chi connectivity index (χ0) is 17.8. The molecule has 4 rings (SSSR count). The normalized spacial score (nSPS) is 23.1. The Morgan fingerprint density at radius 3 is 2.76 bits per heavy atom. The number of hydrogen-bond acceptors (Lipinski definition) is 5. The van der Waals surface area contributed by atoms with Gasteiger partial charge in [0.15, 0.2) is 5.82 Å². The van der Waals surface area contributed by atoms with Crippen LogP contribution in [0, 0.1) is 12.3 Å². The van der Waals surface area contributed by atoms with Gasteiger partial charge in [-0.1, -0.05) is 22.8 Å². The highest BCUT2D eigenvalue weighted by molar-refractivity contribution is 7.86. The second-order valence-electron chi connectivity index (χ2n) is 6.98. The molecular formula is C16H19ClN4O3S. The Labute approximate surface area is 151 Å². The highest BCUT2D eigenvalue weighted by Crippen LogP contribution is 2.64. The summed E-state index contributed by atoms with van der Waals surface area (Å²) in [6.07, 6.45) is 2.50. The highest BCUT2D eigenvalue weighted by atomic mass is 35.5. The van der Waals surface area contributed by atoms with Crippen molar-refractivity contribution in [2.45, 2.75) is 32.1 Å². The number of nitrogens with two attached hydrogens (primary N) is 1. The first kappa shape index (κ1) is 17.0. The number of hydrogen-bond donors (Lipinski definition) is 1. The van der Waals surface area contributed by atoms with Crippen LogP contribution in [-0.2, 0) is 10.2 Å². The van der Waals surface area contributed by atoms with Crippen LogP contribution in [0.5, 0.6) is 0 Å². The molecule has 1 saturated heterocycles. The average Bonchev–Trinajstić information content (AvgIpc) is 3.03. The number of nitrogens with zero attached hydrogens (tertiary/aromatic N) is 3. The van der Waals surface area contributed by atoms with Gasteiger partial charge in [0.2, 0.25) is 0 Å². The maximum absolute atomic E-state index is 11.4. The lowest BCUT2D eigenvalue weighted by Gasteiger charge is -2.30. The topological polar surface area (TPSA) is 102 Å². The highest BCUT2D eigenvalue weighted by Gasteiger charge is 2.58. The van der Waals surface area contributed by atoms with Crippen LogP contribution in [0.4, 0.5) is 0 Å². The largest absolute Gasteiger partial charge is 0.334 e. The summed E-state index contributed by atoms with van der Waals surface area (Å²) >= 11 is 6.06. The van der Waals surface area contributed by atoms with Crippen molar-refractivity contribution < 1.29 is 12.9 Å². The number of rotatable bonds is 3. The van der Waals surface area contributed by atoms with Gasteiger partial charge >= 0.3 is 0 Å². The van der Waals surface area contributed by atoms with E-state index in [1.54, 1.807) is 0 Å². The minimum atomic E-state index is -3.60. The summed E-state index contributed by atoms with van der Waals surface area (Å²) in [7, 11) is -3.60. The molecule has 0 radical (unpaired) electrons. The van der Waals surface area contributed by atoms with Crippen LogP contribution in [0.15, 0.2) is 22.7 Å². The summed E-state index contributed by atoms with van der Waals surface area (Å²) in [5.74, 6) is 1.38. The Balaban J connectivity index is 1.51. The van der Waals surface area contributed by atoms with Gasteiger partial charge in [-0.25, -0.2) is 5.14 Å². The first-order valence-electron chi connectivity index (χ1n) is 8.16. The lowest BCUT2D eigenvalue weighted by Crippen LogP contribution is -2.43. The number of halogens is 1. The molecule has 1 aromatic carbocycles. The summed E-state index contributed by atoms with van der Waals surface area (Å²) in [6.45, 7) is 2.87. The molecule has 1 unspecified atom stereocenters. The third-order valence-corrected chi connectivity index (χ3v) is 6.77. The van der Waals surface area contributed by atoms with E-state index in [4.69, 9.17) is 21.3 Å². The van der Waals surface area contributed by atoms with Crippen molar-refractivity contribution in [3.63, 3.8) is 0 Å². The van der Waals surface area contributed by atoms with Crippen LogP contribution in [0.2, 0.25) is 5.02 Å². The van der Waals surface area contributed by atoms with Crippen molar-refractivity contribution in [3.8, 4) is 11.5 Å². The lowest BCUT2D eigenvalue weighted by atomic mass is 9.92. The summed E-state index contributed by atoms with van der Waals surface area (Å²) in [5, 5.41) is 9.99. The first-order valence-corrected chi connectivity index (χ1v) is 10.0.